The number of rotatable bonds is 6. The van der Waals surface area contributed by atoms with Gasteiger partial charge in [-0.05, 0) is 53.9 Å². The van der Waals surface area contributed by atoms with Gasteiger partial charge in [0.1, 0.15) is 0 Å². The van der Waals surface area contributed by atoms with Crippen molar-refractivity contribution in [1.82, 2.24) is 4.57 Å². The van der Waals surface area contributed by atoms with Crippen LogP contribution in [-0.2, 0) is 11.8 Å². The van der Waals surface area contributed by atoms with Gasteiger partial charge in [-0.2, -0.15) is 0 Å². The van der Waals surface area contributed by atoms with Crippen LogP contribution in [-0.4, -0.2) is 23.4 Å². The van der Waals surface area contributed by atoms with E-state index < -0.39 is 5.97 Å². The van der Waals surface area contributed by atoms with E-state index in [1.165, 1.54) is 17.7 Å². The lowest BCUT2D eigenvalue weighted by molar-refractivity contribution is 0.0600. The van der Waals surface area contributed by atoms with Crippen LogP contribution in [0.5, 0.6) is 0 Å². The second kappa shape index (κ2) is 9.09. The molecule has 0 saturated carbocycles. The molecule has 3 rings (SSSR count). The lowest BCUT2D eigenvalue weighted by Crippen LogP contribution is -2.18. The van der Waals surface area contributed by atoms with Crippen LogP contribution in [0.1, 0.15) is 49.7 Å². The Morgan fingerprint density at radius 2 is 1.70 bits per heavy atom. The molecular formula is C24H22ClNO4. The SMILES string of the molecule is COC(=O)c1ccc(C(CC(=O)c2ccc(=O)n(C)c2)c2ccc(Cl)cc2C)cc1. The number of carbonyl (C=O) groups excluding carboxylic acids is 2. The molecule has 0 fully saturated rings. The normalized spacial score (nSPS) is 11.7. The van der Waals surface area contributed by atoms with Crippen molar-refractivity contribution in [2.75, 3.05) is 7.11 Å². The zero-order chi connectivity index (χ0) is 21.8. The largest absolute Gasteiger partial charge is 0.465 e. The molecule has 0 spiro atoms. The molecule has 0 aliphatic carbocycles. The van der Waals surface area contributed by atoms with E-state index in [4.69, 9.17) is 16.3 Å². The molecule has 1 aromatic heterocycles. The second-order valence-electron chi connectivity index (χ2n) is 7.16. The summed E-state index contributed by atoms with van der Waals surface area (Å²) in [5.41, 5.74) is 3.58. The fourth-order valence-corrected chi connectivity index (χ4v) is 3.70. The number of benzene rings is 2. The highest BCUT2D eigenvalue weighted by atomic mass is 35.5. The highest BCUT2D eigenvalue weighted by Gasteiger charge is 2.22. The van der Waals surface area contributed by atoms with E-state index in [-0.39, 0.29) is 23.7 Å². The molecule has 0 amide bonds. The number of aryl methyl sites for hydroxylation is 2. The predicted molar refractivity (Wildman–Crippen MR) is 116 cm³/mol. The van der Waals surface area contributed by atoms with Crippen LogP contribution >= 0.6 is 11.6 Å². The van der Waals surface area contributed by atoms with E-state index in [9.17, 15) is 14.4 Å². The molecule has 0 N–H and O–H groups in total. The third kappa shape index (κ3) is 4.69. The van der Waals surface area contributed by atoms with Gasteiger partial charge in [0.15, 0.2) is 5.78 Å². The summed E-state index contributed by atoms with van der Waals surface area (Å²) in [6.07, 6.45) is 1.76. The van der Waals surface area contributed by atoms with E-state index >= 15 is 0 Å². The van der Waals surface area contributed by atoms with Gasteiger partial charge in [-0.1, -0.05) is 29.8 Å². The topological polar surface area (TPSA) is 65.4 Å². The Balaban J connectivity index is 2.01. The number of nitrogens with zero attached hydrogens (tertiary/aromatic N) is 1. The van der Waals surface area contributed by atoms with Gasteiger partial charge < -0.3 is 9.30 Å². The van der Waals surface area contributed by atoms with Gasteiger partial charge in [0, 0.05) is 42.2 Å². The van der Waals surface area contributed by atoms with Gasteiger partial charge in [-0.15, -0.1) is 0 Å². The number of aromatic nitrogens is 1. The first-order valence-corrected chi connectivity index (χ1v) is 9.82. The van der Waals surface area contributed by atoms with Crippen LogP contribution in [0.15, 0.2) is 65.6 Å². The summed E-state index contributed by atoms with van der Waals surface area (Å²) < 4.78 is 6.15. The Morgan fingerprint density at radius 1 is 1.03 bits per heavy atom. The lowest BCUT2D eigenvalue weighted by Gasteiger charge is -2.20. The zero-order valence-corrected chi connectivity index (χ0v) is 17.8. The molecule has 6 heteroatoms. The van der Waals surface area contributed by atoms with Crippen molar-refractivity contribution in [2.24, 2.45) is 7.05 Å². The summed E-state index contributed by atoms with van der Waals surface area (Å²) in [6.45, 7) is 1.95. The molecule has 2 aromatic carbocycles. The van der Waals surface area contributed by atoms with Crippen molar-refractivity contribution >= 4 is 23.4 Å². The molecule has 30 heavy (non-hydrogen) atoms. The molecular weight excluding hydrogens is 402 g/mol. The minimum absolute atomic E-state index is 0.0815. The number of Topliss-reactive ketones (excluding diaryl/α,β-unsaturated/α-hetero) is 1. The van der Waals surface area contributed by atoms with Gasteiger partial charge >= 0.3 is 5.97 Å². The molecule has 1 heterocycles. The maximum absolute atomic E-state index is 13.0. The molecule has 0 aliphatic heterocycles. The van der Waals surface area contributed by atoms with Crippen molar-refractivity contribution in [2.45, 2.75) is 19.3 Å². The average Bonchev–Trinajstić information content (AvgIpc) is 2.74. The highest BCUT2D eigenvalue weighted by molar-refractivity contribution is 6.30. The Hall–Kier alpha value is -3.18. The van der Waals surface area contributed by atoms with Crippen molar-refractivity contribution in [3.05, 3.63) is 104 Å². The second-order valence-corrected chi connectivity index (χ2v) is 7.60. The van der Waals surface area contributed by atoms with Crippen molar-refractivity contribution in [3.63, 3.8) is 0 Å². The van der Waals surface area contributed by atoms with Crippen LogP contribution < -0.4 is 5.56 Å². The molecule has 0 radical (unpaired) electrons. The fourth-order valence-electron chi connectivity index (χ4n) is 3.47. The van der Waals surface area contributed by atoms with Crippen molar-refractivity contribution < 1.29 is 14.3 Å². The molecule has 5 nitrogen and oxygen atoms in total. The number of methoxy groups -OCH3 is 1. The summed E-state index contributed by atoms with van der Waals surface area (Å²) in [5, 5.41) is 0.625. The molecule has 0 saturated heterocycles. The number of ketones is 1. The number of esters is 1. The van der Waals surface area contributed by atoms with Crippen molar-refractivity contribution in [1.29, 1.82) is 0 Å². The van der Waals surface area contributed by atoms with Crippen LogP contribution in [0.3, 0.4) is 0 Å². The molecule has 3 aromatic rings. The standard InChI is InChI=1S/C24H22ClNO4/c1-15-12-19(25)9-10-20(15)21(16-4-6-17(7-5-16)24(29)30-3)13-22(27)18-8-11-23(28)26(2)14-18/h4-12,14,21H,13H2,1-3H3. The maximum atomic E-state index is 13.0. The van der Waals surface area contributed by atoms with Crippen LogP contribution in [0.25, 0.3) is 0 Å². The summed E-state index contributed by atoms with van der Waals surface area (Å²) in [6, 6.07) is 15.6. The number of hydrogen-bond acceptors (Lipinski definition) is 4. The summed E-state index contributed by atoms with van der Waals surface area (Å²) in [4.78, 5) is 36.5. The molecule has 1 atom stereocenters. The minimum atomic E-state index is -0.415. The van der Waals surface area contributed by atoms with Crippen LogP contribution in [0.2, 0.25) is 5.02 Å². The van der Waals surface area contributed by atoms with E-state index in [2.05, 4.69) is 0 Å². The van der Waals surface area contributed by atoms with Gasteiger partial charge in [0.05, 0.1) is 12.7 Å². The number of halogens is 1. The Bertz CT molecular complexity index is 1150. The number of ether oxygens (including phenoxy) is 1. The molecule has 0 aliphatic rings. The quantitative estimate of drug-likeness (QED) is 0.431. The number of hydrogen-bond donors (Lipinski definition) is 0. The Kier molecular flexibility index (Phi) is 6.53. The van der Waals surface area contributed by atoms with Crippen molar-refractivity contribution in [3.8, 4) is 0 Å². The minimum Gasteiger partial charge on any atom is -0.465 e. The van der Waals surface area contributed by atoms with E-state index in [1.807, 2.05) is 31.2 Å². The summed E-state index contributed by atoms with van der Waals surface area (Å²) >= 11 is 6.12. The maximum Gasteiger partial charge on any atom is 0.337 e. The van der Waals surface area contributed by atoms with Crippen LogP contribution in [0, 0.1) is 6.92 Å². The highest BCUT2D eigenvalue weighted by Crippen LogP contribution is 2.33. The van der Waals surface area contributed by atoms with Gasteiger partial charge in [0.25, 0.3) is 0 Å². The van der Waals surface area contributed by atoms with Gasteiger partial charge in [-0.3, -0.25) is 9.59 Å². The third-order valence-corrected chi connectivity index (χ3v) is 5.37. The Labute approximate surface area is 179 Å². The average molecular weight is 424 g/mol. The van der Waals surface area contributed by atoms with Gasteiger partial charge in [-0.25, -0.2) is 4.79 Å². The van der Waals surface area contributed by atoms with E-state index in [0.717, 1.165) is 16.7 Å². The lowest BCUT2D eigenvalue weighted by atomic mass is 9.83. The van der Waals surface area contributed by atoms with Crippen LogP contribution in [0.4, 0.5) is 0 Å². The summed E-state index contributed by atoms with van der Waals surface area (Å²) in [7, 11) is 2.95. The summed E-state index contributed by atoms with van der Waals surface area (Å²) in [5.74, 6) is -0.734. The first kappa shape index (κ1) is 21.5. The fraction of sp³-hybridized carbons (Fsp3) is 0.208. The Morgan fingerprint density at radius 3 is 2.30 bits per heavy atom. The smallest absolute Gasteiger partial charge is 0.337 e. The first-order chi connectivity index (χ1) is 14.3. The number of pyridine rings is 1. The molecule has 154 valence electrons. The van der Waals surface area contributed by atoms with Gasteiger partial charge in [0.2, 0.25) is 5.56 Å². The monoisotopic (exact) mass is 423 g/mol. The van der Waals surface area contributed by atoms with E-state index in [0.29, 0.717) is 16.1 Å². The predicted octanol–water partition coefficient (Wildman–Crippen LogP) is 4.54. The first-order valence-electron chi connectivity index (χ1n) is 9.44. The number of carbonyl (C=O) groups is 2. The molecule has 1 unspecified atom stereocenters. The molecule has 0 bridgehead atoms. The third-order valence-electron chi connectivity index (χ3n) is 5.14. The zero-order valence-electron chi connectivity index (χ0n) is 17.0. The van der Waals surface area contributed by atoms with E-state index in [1.54, 1.807) is 37.5 Å².